The lowest BCUT2D eigenvalue weighted by molar-refractivity contribution is 0.410. The number of benzene rings is 2. The van der Waals surface area contributed by atoms with Crippen molar-refractivity contribution in [3.63, 3.8) is 0 Å². The highest BCUT2D eigenvalue weighted by Gasteiger charge is 2.05. The zero-order valence-corrected chi connectivity index (χ0v) is 11.4. The molecule has 0 atom stereocenters. The lowest BCUT2D eigenvalue weighted by Crippen LogP contribution is -2.02. The van der Waals surface area contributed by atoms with Gasteiger partial charge in [-0.1, -0.05) is 47.5 Å². The lowest BCUT2D eigenvalue weighted by atomic mass is 10.2. The van der Waals surface area contributed by atoms with Crippen molar-refractivity contribution in [3.05, 3.63) is 58.1 Å². The van der Waals surface area contributed by atoms with E-state index in [4.69, 9.17) is 27.9 Å². The first-order valence-electron chi connectivity index (χ1n) is 5.52. The molecule has 2 rings (SSSR count). The van der Waals surface area contributed by atoms with E-state index in [0.717, 1.165) is 17.0 Å². The van der Waals surface area contributed by atoms with Gasteiger partial charge in [0.25, 0.3) is 0 Å². The highest BCUT2D eigenvalue weighted by molar-refractivity contribution is 6.43. The Hall–Kier alpha value is -1.38. The number of halogens is 2. The van der Waals surface area contributed by atoms with Gasteiger partial charge in [0, 0.05) is 12.1 Å². The van der Waals surface area contributed by atoms with E-state index >= 15 is 0 Å². The van der Waals surface area contributed by atoms with E-state index in [1.807, 2.05) is 36.4 Å². The second-order valence-electron chi connectivity index (χ2n) is 3.77. The second kappa shape index (κ2) is 5.98. The third-order valence-corrected chi connectivity index (χ3v) is 3.43. The van der Waals surface area contributed by atoms with Gasteiger partial charge in [-0.3, -0.25) is 0 Å². The van der Waals surface area contributed by atoms with Crippen LogP contribution < -0.4 is 10.1 Å². The van der Waals surface area contributed by atoms with E-state index < -0.39 is 0 Å². The van der Waals surface area contributed by atoms with Gasteiger partial charge in [-0.2, -0.15) is 0 Å². The van der Waals surface area contributed by atoms with Gasteiger partial charge in [0.05, 0.1) is 22.8 Å². The van der Waals surface area contributed by atoms with Crippen LogP contribution in [0.1, 0.15) is 5.56 Å². The predicted molar refractivity (Wildman–Crippen MR) is 76.8 cm³/mol. The van der Waals surface area contributed by atoms with E-state index in [0.29, 0.717) is 16.6 Å². The molecule has 0 aliphatic rings. The number of rotatable bonds is 4. The molecule has 18 heavy (non-hydrogen) atoms. The fourth-order valence-electron chi connectivity index (χ4n) is 1.68. The molecule has 0 aliphatic heterocycles. The maximum Gasteiger partial charge on any atom is 0.123 e. The predicted octanol–water partition coefficient (Wildman–Crippen LogP) is 4.61. The quantitative estimate of drug-likeness (QED) is 0.883. The SMILES string of the molecule is COc1ccccc1CNc1cccc(Cl)c1Cl. The standard InChI is InChI=1S/C14H13Cl2NO/c1-18-13-8-3-2-5-10(13)9-17-12-7-4-6-11(15)14(12)16/h2-8,17H,9H2,1H3. The fraction of sp³-hybridized carbons (Fsp3) is 0.143. The summed E-state index contributed by atoms with van der Waals surface area (Å²) in [5.41, 5.74) is 1.88. The molecule has 2 nitrogen and oxygen atoms in total. The molecule has 0 bridgehead atoms. The van der Waals surface area contributed by atoms with E-state index in [1.54, 1.807) is 13.2 Å². The highest BCUT2D eigenvalue weighted by Crippen LogP contribution is 2.30. The first-order chi connectivity index (χ1) is 8.72. The molecule has 0 heterocycles. The first kappa shape index (κ1) is 13.1. The number of nitrogens with one attached hydrogen (secondary N) is 1. The average molecular weight is 282 g/mol. The van der Waals surface area contributed by atoms with Crippen LogP contribution in [0.3, 0.4) is 0 Å². The Morgan fingerprint density at radius 3 is 2.61 bits per heavy atom. The normalized spacial score (nSPS) is 10.2. The van der Waals surface area contributed by atoms with Crippen LogP contribution >= 0.6 is 23.2 Å². The average Bonchev–Trinajstić information content (AvgIpc) is 2.41. The smallest absolute Gasteiger partial charge is 0.123 e. The van der Waals surface area contributed by atoms with Gasteiger partial charge in [-0.05, 0) is 18.2 Å². The summed E-state index contributed by atoms with van der Waals surface area (Å²) in [7, 11) is 1.66. The van der Waals surface area contributed by atoms with Gasteiger partial charge in [-0.15, -0.1) is 0 Å². The van der Waals surface area contributed by atoms with E-state index in [-0.39, 0.29) is 0 Å². The molecule has 0 fully saturated rings. The van der Waals surface area contributed by atoms with Crippen molar-refractivity contribution in [2.75, 3.05) is 12.4 Å². The summed E-state index contributed by atoms with van der Waals surface area (Å²) in [6, 6.07) is 13.4. The van der Waals surface area contributed by atoms with Crippen molar-refractivity contribution >= 4 is 28.9 Å². The Kier molecular flexibility index (Phi) is 4.34. The zero-order valence-electron chi connectivity index (χ0n) is 9.91. The molecule has 0 spiro atoms. The Morgan fingerprint density at radius 1 is 1.06 bits per heavy atom. The molecular formula is C14H13Cl2NO. The van der Waals surface area contributed by atoms with Gasteiger partial charge in [0.1, 0.15) is 5.75 Å². The minimum absolute atomic E-state index is 0.536. The summed E-state index contributed by atoms with van der Waals surface area (Å²) in [5.74, 6) is 0.850. The van der Waals surface area contributed by atoms with Crippen LogP contribution in [0.2, 0.25) is 10.0 Å². The molecule has 2 aromatic rings. The summed E-state index contributed by atoms with van der Waals surface area (Å²) in [6.07, 6.45) is 0. The van der Waals surface area contributed by atoms with E-state index in [9.17, 15) is 0 Å². The fourth-order valence-corrected chi connectivity index (χ4v) is 2.05. The number of hydrogen-bond acceptors (Lipinski definition) is 2. The largest absolute Gasteiger partial charge is 0.496 e. The lowest BCUT2D eigenvalue weighted by Gasteiger charge is -2.12. The Bertz CT molecular complexity index is 543. The molecule has 0 saturated heterocycles. The third-order valence-electron chi connectivity index (χ3n) is 2.61. The second-order valence-corrected chi connectivity index (χ2v) is 4.55. The van der Waals surface area contributed by atoms with Crippen LogP contribution in [-0.4, -0.2) is 7.11 Å². The number of hydrogen-bond donors (Lipinski definition) is 1. The van der Waals surface area contributed by atoms with Gasteiger partial charge in [-0.25, -0.2) is 0 Å². The first-order valence-corrected chi connectivity index (χ1v) is 6.27. The summed E-state index contributed by atoms with van der Waals surface area (Å²) in [4.78, 5) is 0. The molecule has 94 valence electrons. The minimum atomic E-state index is 0.536. The van der Waals surface area contributed by atoms with Gasteiger partial charge in [0.2, 0.25) is 0 Å². The monoisotopic (exact) mass is 281 g/mol. The molecule has 0 radical (unpaired) electrons. The number of anilines is 1. The summed E-state index contributed by atoms with van der Waals surface area (Å²) in [5, 5.41) is 4.33. The van der Waals surface area contributed by atoms with Crippen LogP contribution in [0.5, 0.6) is 5.75 Å². The third kappa shape index (κ3) is 2.89. The number of para-hydroxylation sites is 1. The van der Waals surface area contributed by atoms with E-state index in [1.165, 1.54) is 0 Å². The highest BCUT2D eigenvalue weighted by atomic mass is 35.5. The number of ether oxygens (including phenoxy) is 1. The summed E-state index contributed by atoms with van der Waals surface area (Å²) < 4.78 is 5.29. The van der Waals surface area contributed by atoms with Crippen LogP contribution in [0.25, 0.3) is 0 Å². The zero-order chi connectivity index (χ0) is 13.0. The van der Waals surface area contributed by atoms with Crippen molar-refractivity contribution < 1.29 is 4.74 Å². The molecule has 1 N–H and O–H groups in total. The molecular weight excluding hydrogens is 269 g/mol. The van der Waals surface area contributed by atoms with E-state index in [2.05, 4.69) is 5.32 Å². The minimum Gasteiger partial charge on any atom is -0.496 e. The van der Waals surface area contributed by atoms with Crippen molar-refractivity contribution in [1.82, 2.24) is 0 Å². The maximum absolute atomic E-state index is 6.11. The summed E-state index contributed by atoms with van der Waals surface area (Å²) in [6.45, 7) is 0.629. The molecule has 2 aromatic carbocycles. The molecule has 0 aliphatic carbocycles. The van der Waals surface area contributed by atoms with Crippen molar-refractivity contribution in [3.8, 4) is 5.75 Å². The molecule has 0 amide bonds. The Balaban J connectivity index is 2.14. The van der Waals surface area contributed by atoms with Gasteiger partial charge < -0.3 is 10.1 Å². The van der Waals surface area contributed by atoms with Crippen LogP contribution in [-0.2, 0) is 6.54 Å². The molecule has 0 saturated carbocycles. The topological polar surface area (TPSA) is 21.3 Å². The van der Waals surface area contributed by atoms with Crippen LogP contribution in [0.15, 0.2) is 42.5 Å². The summed E-state index contributed by atoms with van der Waals surface area (Å²) >= 11 is 12.1. The Morgan fingerprint density at radius 2 is 1.83 bits per heavy atom. The Labute approximate surface area is 116 Å². The van der Waals surface area contributed by atoms with Crippen molar-refractivity contribution in [1.29, 1.82) is 0 Å². The van der Waals surface area contributed by atoms with Crippen molar-refractivity contribution in [2.45, 2.75) is 6.54 Å². The maximum atomic E-state index is 6.11. The van der Waals surface area contributed by atoms with Crippen LogP contribution in [0.4, 0.5) is 5.69 Å². The molecule has 4 heteroatoms. The van der Waals surface area contributed by atoms with Crippen molar-refractivity contribution in [2.24, 2.45) is 0 Å². The molecule has 0 unspecified atom stereocenters. The van der Waals surface area contributed by atoms with Crippen LogP contribution in [0, 0.1) is 0 Å². The molecule has 0 aromatic heterocycles. The number of methoxy groups -OCH3 is 1. The van der Waals surface area contributed by atoms with Gasteiger partial charge in [0.15, 0.2) is 0 Å². The van der Waals surface area contributed by atoms with Gasteiger partial charge >= 0.3 is 0 Å².